The van der Waals surface area contributed by atoms with Crippen LogP contribution in [0.5, 0.6) is 5.75 Å². The highest BCUT2D eigenvalue weighted by Gasteiger charge is 2.29. The van der Waals surface area contributed by atoms with Crippen LogP contribution >= 0.6 is 0 Å². The van der Waals surface area contributed by atoms with Crippen LogP contribution in [0.2, 0.25) is 0 Å². The maximum absolute atomic E-state index is 5.41. The third-order valence-electron chi connectivity index (χ3n) is 4.40. The zero-order valence-corrected chi connectivity index (χ0v) is 12.7. The van der Waals surface area contributed by atoms with Gasteiger partial charge in [-0.15, -0.1) is 0 Å². The standard InChI is InChI=1S/C16H27NO/c1-7-16(8-2,11-17-5)14-9-10-15(18-6)13(4)12(14)3/h9-10,17H,7-8,11H2,1-6H3. The maximum atomic E-state index is 5.41. The van der Waals surface area contributed by atoms with Crippen molar-refractivity contribution in [2.75, 3.05) is 20.7 Å². The molecular formula is C16H27NO. The Morgan fingerprint density at radius 3 is 2.17 bits per heavy atom. The number of hydrogen-bond donors (Lipinski definition) is 1. The first-order valence-corrected chi connectivity index (χ1v) is 6.85. The highest BCUT2D eigenvalue weighted by molar-refractivity contribution is 5.46. The van der Waals surface area contributed by atoms with E-state index in [1.807, 2.05) is 7.05 Å². The van der Waals surface area contributed by atoms with Gasteiger partial charge in [-0.3, -0.25) is 0 Å². The summed E-state index contributed by atoms with van der Waals surface area (Å²) < 4.78 is 5.41. The zero-order chi connectivity index (χ0) is 13.8. The summed E-state index contributed by atoms with van der Waals surface area (Å²) in [6, 6.07) is 4.35. The van der Waals surface area contributed by atoms with Crippen LogP contribution in [-0.2, 0) is 5.41 Å². The first kappa shape index (κ1) is 15.0. The van der Waals surface area contributed by atoms with Crippen molar-refractivity contribution >= 4 is 0 Å². The lowest BCUT2D eigenvalue weighted by Gasteiger charge is -2.34. The summed E-state index contributed by atoms with van der Waals surface area (Å²) >= 11 is 0. The molecule has 0 spiro atoms. The van der Waals surface area contributed by atoms with Crippen LogP contribution in [-0.4, -0.2) is 20.7 Å². The number of methoxy groups -OCH3 is 1. The van der Waals surface area contributed by atoms with E-state index in [4.69, 9.17) is 4.74 Å². The number of benzene rings is 1. The predicted molar refractivity (Wildman–Crippen MR) is 78.7 cm³/mol. The Balaban J connectivity index is 3.34. The quantitative estimate of drug-likeness (QED) is 0.832. The Labute approximate surface area is 112 Å². The van der Waals surface area contributed by atoms with Gasteiger partial charge in [0.1, 0.15) is 5.75 Å². The summed E-state index contributed by atoms with van der Waals surface area (Å²) in [5, 5.41) is 3.35. The van der Waals surface area contributed by atoms with Gasteiger partial charge in [-0.25, -0.2) is 0 Å². The molecule has 0 saturated carbocycles. The Morgan fingerprint density at radius 2 is 1.72 bits per heavy atom. The Kier molecular flexibility index (Phi) is 5.21. The van der Waals surface area contributed by atoms with E-state index in [1.165, 1.54) is 16.7 Å². The summed E-state index contributed by atoms with van der Waals surface area (Å²) in [5.41, 5.74) is 4.32. The van der Waals surface area contributed by atoms with E-state index in [0.717, 1.165) is 25.1 Å². The molecule has 2 heteroatoms. The van der Waals surface area contributed by atoms with Gasteiger partial charge in [0, 0.05) is 12.0 Å². The van der Waals surface area contributed by atoms with Crippen molar-refractivity contribution in [3.05, 3.63) is 28.8 Å². The Morgan fingerprint density at radius 1 is 1.11 bits per heavy atom. The molecule has 2 nitrogen and oxygen atoms in total. The minimum absolute atomic E-state index is 0.232. The van der Waals surface area contributed by atoms with Crippen LogP contribution in [0.1, 0.15) is 43.4 Å². The molecule has 0 radical (unpaired) electrons. The molecular weight excluding hydrogens is 222 g/mol. The summed E-state index contributed by atoms with van der Waals surface area (Å²) in [6.07, 6.45) is 2.30. The van der Waals surface area contributed by atoms with Gasteiger partial charge >= 0.3 is 0 Å². The molecule has 0 saturated heterocycles. The second-order valence-electron chi connectivity index (χ2n) is 5.08. The van der Waals surface area contributed by atoms with Crippen molar-refractivity contribution in [3.63, 3.8) is 0 Å². The molecule has 0 fully saturated rings. The molecule has 0 heterocycles. The maximum Gasteiger partial charge on any atom is 0.122 e. The van der Waals surface area contributed by atoms with Gasteiger partial charge in [0.15, 0.2) is 0 Å². The number of rotatable bonds is 6. The fraction of sp³-hybridized carbons (Fsp3) is 0.625. The number of ether oxygens (including phenoxy) is 1. The topological polar surface area (TPSA) is 21.3 Å². The number of nitrogens with one attached hydrogen (secondary N) is 1. The van der Waals surface area contributed by atoms with Gasteiger partial charge in [0.05, 0.1) is 7.11 Å². The molecule has 102 valence electrons. The normalized spacial score (nSPS) is 11.7. The molecule has 0 aromatic heterocycles. The van der Waals surface area contributed by atoms with Gasteiger partial charge in [0.2, 0.25) is 0 Å². The molecule has 1 aromatic carbocycles. The lowest BCUT2D eigenvalue weighted by Crippen LogP contribution is -2.36. The van der Waals surface area contributed by atoms with Crippen molar-refractivity contribution in [2.24, 2.45) is 0 Å². The SMILES string of the molecule is CCC(CC)(CNC)c1ccc(OC)c(C)c1C. The van der Waals surface area contributed by atoms with E-state index in [1.54, 1.807) is 7.11 Å². The van der Waals surface area contributed by atoms with Crippen molar-refractivity contribution in [1.82, 2.24) is 5.32 Å². The first-order valence-electron chi connectivity index (χ1n) is 6.85. The van der Waals surface area contributed by atoms with Gasteiger partial charge in [-0.1, -0.05) is 19.9 Å². The molecule has 1 N–H and O–H groups in total. The Hall–Kier alpha value is -1.02. The fourth-order valence-electron chi connectivity index (χ4n) is 2.91. The smallest absolute Gasteiger partial charge is 0.122 e. The minimum Gasteiger partial charge on any atom is -0.496 e. The lowest BCUT2D eigenvalue weighted by molar-refractivity contribution is 0.375. The second-order valence-corrected chi connectivity index (χ2v) is 5.08. The minimum atomic E-state index is 0.232. The van der Waals surface area contributed by atoms with Crippen molar-refractivity contribution in [1.29, 1.82) is 0 Å². The largest absolute Gasteiger partial charge is 0.496 e. The average molecular weight is 249 g/mol. The predicted octanol–water partition coefficient (Wildman–Crippen LogP) is 3.59. The average Bonchev–Trinajstić information content (AvgIpc) is 2.40. The van der Waals surface area contributed by atoms with E-state index in [-0.39, 0.29) is 5.41 Å². The van der Waals surface area contributed by atoms with Gasteiger partial charge in [0.25, 0.3) is 0 Å². The van der Waals surface area contributed by atoms with Crippen LogP contribution < -0.4 is 10.1 Å². The van der Waals surface area contributed by atoms with Gasteiger partial charge in [-0.05, 0) is 56.5 Å². The molecule has 0 aliphatic heterocycles. The van der Waals surface area contributed by atoms with Crippen molar-refractivity contribution in [2.45, 2.75) is 46.0 Å². The van der Waals surface area contributed by atoms with E-state index in [9.17, 15) is 0 Å². The van der Waals surface area contributed by atoms with E-state index < -0.39 is 0 Å². The van der Waals surface area contributed by atoms with Crippen LogP contribution in [0, 0.1) is 13.8 Å². The van der Waals surface area contributed by atoms with Crippen molar-refractivity contribution < 1.29 is 4.74 Å². The summed E-state index contributed by atoms with van der Waals surface area (Å²) in [6.45, 7) is 9.93. The van der Waals surface area contributed by atoms with Gasteiger partial charge in [-0.2, -0.15) is 0 Å². The highest BCUT2D eigenvalue weighted by Crippen LogP contribution is 2.36. The van der Waals surface area contributed by atoms with E-state index >= 15 is 0 Å². The lowest BCUT2D eigenvalue weighted by atomic mass is 9.73. The monoisotopic (exact) mass is 249 g/mol. The third kappa shape index (κ3) is 2.54. The van der Waals surface area contributed by atoms with Gasteiger partial charge < -0.3 is 10.1 Å². The van der Waals surface area contributed by atoms with Crippen molar-refractivity contribution in [3.8, 4) is 5.75 Å². The molecule has 0 bridgehead atoms. The molecule has 0 aliphatic carbocycles. The summed E-state index contributed by atoms with van der Waals surface area (Å²) in [4.78, 5) is 0. The third-order valence-corrected chi connectivity index (χ3v) is 4.40. The molecule has 0 amide bonds. The zero-order valence-electron chi connectivity index (χ0n) is 12.7. The number of hydrogen-bond acceptors (Lipinski definition) is 2. The van der Waals surface area contributed by atoms with Crippen LogP contribution in [0.15, 0.2) is 12.1 Å². The summed E-state index contributed by atoms with van der Waals surface area (Å²) in [5.74, 6) is 0.988. The van der Waals surface area contributed by atoms with Crippen LogP contribution in [0.25, 0.3) is 0 Å². The molecule has 0 atom stereocenters. The molecule has 18 heavy (non-hydrogen) atoms. The molecule has 0 unspecified atom stereocenters. The van der Waals surface area contributed by atoms with Crippen LogP contribution in [0.3, 0.4) is 0 Å². The van der Waals surface area contributed by atoms with Crippen LogP contribution in [0.4, 0.5) is 0 Å². The highest BCUT2D eigenvalue weighted by atomic mass is 16.5. The van der Waals surface area contributed by atoms with E-state index in [2.05, 4.69) is 45.1 Å². The molecule has 1 rings (SSSR count). The first-order chi connectivity index (χ1) is 8.56. The van der Waals surface area contributed by atoms with E-state index in [0.29, 0.717) is 0 Å². The second kappa shape index (κ2) is 6.24. The number of likely N-dealkylation sites (N-methyl/N-ethyl adjacent to an activating group) is 1. The molecule has 0 aliphatic rings. The summed E-state index contributed by atoms with van der Waals surface area (Å²) in [7, 11) is 3.77. The fourth-order valence-corrected chi connectivity index (χ4v) is 2.91. The Bertz CT molecular complexity index is 394. The molecule has 1 aromatic rings.